The monoisotopic (exact) mass is 297 g/mol. The van der Waals surface area contributed by atoms with E-state index < -0.39 is 0 Å². The van der Waals surface area contributed by atoms with E-state index in [0.29, 0.717) is 5.88 Å². The molecular weight excluding hydrogens is 282 g/mol. The summed E-state index contributed by atoms with van der Waals surface area (Å²) in [5.74, 6) is 3.33. The molecule has 1 heterocycles. The van der Waals surface area contributed by atoms with Crippen molar-refractivity contribution in [3.05, 3.63) is 24.3 Å². The topological polar surface area (TPSA) is 39.9 Å². The molecule has 0 N–H and O–H groups in total. The molecule has 2 rings (SSSR count). The third-order valence-corrected chi connectivity index (χ3v) is 4.07. The van der Waals surface area contributed by atoms with Crippen molar-refractivity contribution in [2.24, 2.45) is 7.05 Å². The average molecular weight is 298 g/mol. The highest BCUT2D eigenvalue weighted by Crippen LogP contribution is 2.24. The fraction of sp³-hybridized carbons (Fsp3) is 0.385. The number of rotatable bonds is 6. The Balaban J connectivity index is 2.15. The van der Waals surface area contributed by atoms with Gasteiger partial charge in [0.1, 0.15) is 5.75 Å². The fourth-order valence-electron chi connectivity index (χ4n) is 1.65. The summed E-state index contributed by atoms with van der Waals surface area (Å²) in [4.78, 5) is 0. The van der Waals surface area contributed by atoms with Crippen LogP contribution in [0.5, 0.6) is 5.75 Å². The fourth-order valence-corrected chi connectivity index (χ4v) is 2.79. The molecule has 0 spiro atoms. The molecule has 0 atom stereocenters. The maximum Gasteiger partial charge on any atom is 0.191 e. The van der Waals surface area contributed by atoms with Crippen molar-refractivity contribution >= 4 is 23.4 Å². The maximum absolute atomic E-state index is 5.67. The number of alkyl halides is 1. The lowest BCUT2D eigenvalue weighted by Gasteiger charge is -2.04. The standard InChI is InChI=1S/C13H16ClN3OS/c1-17-12(10-4-6-11(18-2)7-5-10)15-16-13(17)19-9-3-8-14/h4-7H,3,8-9H2,1-2H3. The minimum atomic E-state index is 0.677. The molecule has 102 valence electrons. The van der Waals surface area contributed by atoms with Gasteiger partial charge in [0, 0.05) is 24.2 Å². The van der Waals surface area contributed by atoms with Crippen LogP contribution in [0.2, 0.25) is 0 Å². The van der Waals surface area contributed by atoms with E-state index in [1.165, 1.54) is 0 Å². The molecule has 0 aliphatic heterocycles. The van der Waals surface area contributed by atoms with Crippen LogP contribution in [0.1, 0.15) is 6.42 Å². The summed E-state index contributed by atoms with van der Waals surface area (Å²) in [5, 5.41) is 9.36. The summed E-state index contributed by atoms with van der Waals surface area (Å²) >= 11 is 7.34. The first-order valence-corrected chi connectivity index (χ1v) is 7.51. The summed E-state index contributed by atoms with van der Waals surface area (Å²) in [6, 6.07) is 7.81. The predicted molar refractivity (Wildman–Crippen MR) is 79.1 cm³/mol. The number of thioether (sulfide) groups is 1. The van der Waals surface area contributed by atoms with Gasteiger partial charge in [0.25, 0.3) is 0 Å². The Morgan fingerprint density at radius 2 is 2.00 bits per heavy atom. The van der Waals surface area contributed by atoms with Crippen molar-refractivity contribution in [1.29, 1.82) is 0 Å². The first-order chi connectivity index (χ1) is 9.26. The van der Waals surface area contributed by atoms with Crippen molar-refractivity contribution in [2.75, 3.05) is 18.7 Å². The van der Waals surface area contributed by atoms with Gasteiger partial charge >= 0.3 is 0 Å². The van der Waals surface area contributed by atoms with Crippen LogP contribution in [0, 0.1) is 0 Å². The zero-order chi connectivity index (χ0) is 13.7. The first-order valence-electron chi connectivity index (χ1n) is 5.99. The van der Waals surface area contributed by atoms with Gasteiger partial charge in [-0.15, -0.1) is 21.8 Å². The molecule has 1 aromatic heterocycles. The molecule has 0 aliphatic carbocycles. The van der Waals surface area contributed by atoms with Crippen LogP contribution in [0.4, 0.5) is 0 Å². The second kappa shape index (κ2) is 6.82. The van der Waals surface area contributed by atoms with Crippen LogP contribution < -0.4 is 4.74 Å². The molecular formula is C13H16ClN3OS. The van der Waals surface area contributed by atoms with Gasteiger partial charge in [-0.2, -0.15) is 0 Å². The van der Waals surface area contributed by atoms with E-state index >= 15 is 0 Å². The Morgan fingerprint density at radius 3 is 2.63 bits per heavy atom. The van der Waals surface area contributed by atoms with Crippen molar-refractivity contribution in [3.8, 4) is 17.1 Å². The van der Waals surface area contributed by atoms with Gasteiger partial charge in [0.05, 0.1) is 7.11 Å². The Morgan fingerprint density at radius 1 is 1.26 bits per heavy atom. The minimum absolute atomic E-state index is 0.677. The summed E-state index contributed by atoms with van der Waals surface area (Å²) in [7, 11) is 3.63. The van der Waals surface area contributed by atoms with Gasteiger partial charge < -0.3 is 9.30 Å². The highest BCUT2D eigenvalue weighted by atomic mass is 35.5. The molecule has 0 fully saturated rings. The molecule has 6 heteroatoms. The predicted octanol–water partition coefficient (Wildman–Crippen LogP) is 3.21. The zero-order valence-corrected chi connectivity index (χ0v) is 12.5. The number of halogens is 1. The minimum Gasteiger partial charge on any atom is -0.497 e. The molecule has 0 saturated heterocycles. The molecule has 0 amide bonds. The molecule has 1 aromatic carbocycles. The van der Waals surface area contributed by atoms with Crippen molar-refractivity contribution < 1.29 is 4.74 Å². The van der Waals surface area contributed by atoms with Crippen LogP contribution in [0.15, 0.2) is 29.4 Å². The Bertz CT molecular complexity index is 527. The van der Waals surface area contributed by atoms with E-state index in [4.69, 9.17) is 16.3 Å². The molecule has 0 saturated carbocycles. The number of ether oxygens (including phenoxy) is 1. The quantitative estimate of drug-likeness (QED) is 0.466. The Hall–Kier alpha value is -1.20. The van der Waals surface area contributed by atoms with Crippen molar-refractivity contribution in [2.45, 2.75) is 11.6 Å². The van der Waals surface area contributed by atoms with Crippen LogP contribution in [-0.4, -0.2) is 33.5 Å². The highest BCUT2D eigenvalue weighted by molar-refractivity contribution is 7.99. The van der Waals surface area contributed by atoms with Gasteiger partial charge in [-0.3, -0.25) is 0 Å². The number of hydrogen-bond acceptors (Lipinski definition) is 4. The lowest BCUT2D eigenvalue weighted by atomic mass is 10.2. The van der Waals surface area contributed by atoms with Crippen LogP contribution in [0.3, 0.4) is 0 Å². The summed E-state index contributed by atoms with van der Waals surface area (Å²) < 4.78 is 7.15. The number of nitrogens with zero attached hydrogens (tertiary/aromatic N) is 3. The summed E-state index contributed by atoms with van der Waals surface area (Å²) in [6.45, 7) is 0. The molecule has 0 aliphatic rings. The van der Waals surface area contributed by atoms with Gasteiger partial charge in [0.15, 0.2) is 11.0 Å². The number of hydrogen-bond donors (Lipinski definition) is 0. The summed E-state index contributed by atoms with van der Waals surface area (Å²) in [5.41, 5.74) is 1.03. The summed E-state index contributed by atoms with van der Waals surface area (Å²) in [6.07, 6.45) is 0.969. The van der Waals surface area contributed by atoms with E-state index in [-0.39, 0.29) is 0 Å². The second-order valence-electron chi connectivity index (χ2n) is 3.98. The molecule has 4 nitrogen and oxygen atoms in total. The lowest BCUT2D eigenvalue weighted by Crippen LogP contribution is -1.95. The maximum atomic E-state index is 5.67. The van der Waals surface area contributed by atoms with Crippen molar-refractivity contribution in [3.63, 3.8) is 0 Å². The molecule has 0 bridgehead atoms. The van der Waals surface area contributed by atoms with E-state index in [2.05, 4.69) is 10.2 Å². The average Bonchev–Trinajstić information content (AvgIpc) is 2.81. The van der Waals surface area contributed by atoms with E-state index in [1.54, 1.807) is 18.9 Å². The van der Waals surface area contributed by atoms with Crippen LogP contribution in [-0.2, 0) is 7.05 Å². The van der Waals surface area contributed by atoms with E-state index in [1.807, 2.05) is 35.9 Å². The normalized spacial score (nSPS) is 10.7. The largest absolute Gasteiger partial charge is 0.497 e. The SMILES string of the molecule is COc1ccc(-c2nnc(SCCCCl)n2C)cc1. The van der Waals surface area contributed by atoms with Crippen LogP contribution in [0.25, 0.3) is 11.4 Å². The van der Waals surface area contributed by atoms with Crippen LogP contribution >= 0.6 is 23.4 Å². The number of methoxy groups -OCH3 is 1. The molecule has 0 radical (unpaired) electrons. The number of benzene rings is 1. The lowest BCUT2D eigenvalue weighted by molar-refractivity contribution is 0.415. The Kier molecular flexibility index (Phi) is 5.10. The smallest absolute Gasteiger partial charge is 0.191 e. The van der Waals surface area contributed by atoms with Gasteiger partial charge in [0.2, 0.25) is 0 Å². The molecule has 0 unspecified atom stereocenters. The van der Waals surface area contributed by atoms with Gasteiger partial charge in [-0.05, 0) is 30.7 Å². The number of aromatic nitrogens is 3. The molecule has 2 aromatic rings. The molecule has 19 heavy (non-hydrogen) atoms. The van der Waals surface area contributed by atoms with Gasteiger partial charge in [-0.25, -0.2) is 0 Å². The third-order valence-electron chi connectivity index (χ3n) is 2.69. The van der Waals surface area contributed by atoms with Gasteiger partial charge in [-0.1, -0.05) is 11.8 Å². The Labute approximate surface area is 122 Å². The highest BCUT2D eigenvalue weighted by Gasteiger charge is 2.10. The van der Waals surface area contributed by atoms with Crippen molar-refractivity contribution in [1.82, 2.24) is 14.8 Å². The second-order valence-corrected chi connectivity index (χ2v) is 5.42. The zero-order valence-electron chi connectivity index (χ0n) is 11.0. The third kappa shape index (κ3) is 3.42. The van der Waals surface area contributed by atoms with E-state index in [0.717, 1.165) is 34.5 Å². The first kappa shape index (κ1) is 14.2. The van der Waals surface area contributed by atoms with E-state index in [9.17, 15) is 0 Å².